The highest BCUT2D eigenvalue weighted by atomic mass is 32.1. The molecule has 6 rings (SSSR count). The molecule has 1 unspecified atom stereocenters. The Hall–Kier alpha value is -4.74. The second-order valence-corrected chi connectivity index (χ2v) is 9.72. The lowest BCUT2D eigenvalue weighted by Gasteiger charge is -2.33. The van der Waals surface area contributed by atoms with Crippen molar-refractivity contribution in [1.29, 1.82) is 0 Å². The zero-order chi connectivity index (χ0) is 25.8. The summed E-state index contributed by atoms with van der Waals surface area (Å²) in [4.78, 5) is 4.84. The Balaban J connectivity index is 1.48. The zero-order valence-corrected chi connectivity index (χ0v) is 21.5. The highest BCUT2D eigenvalue weighted by molar-refractivity contribution is 7.12. The molecule has 0 fully saturated rings. The average molecular weight is 512 g/mol. The SMILES string of the molecule is C=CC(c1cccc(Oc2cc(-n3cccn3)cs2)c1)(c1ccccn1)c1ccccc1-c1ccccc1. The van der Waals surface area contributed by atoms with Crippen LogP contribution in [0.2, 0.25) is 0 Å². The summed E-state index contributed by atoms with van der Waals surface area (Å²) in [6.07, 6.45) is 7.52. The van der Waals surface area contributed by atoms with Crippen molar-refractivity contribution >= 4 is 11.3 Å². The van der Waals surface area contributed by atoms with Crippen molar-refractivity contribution in [3.05, 3.63) is 163 Å². The minimum Gasteiger partial charge on any atom is -0.447 e. The first-order valence-corrected chi connectivity index (χ1v) is 13.2. The number of rotatable bonds is 8. The Kier molecular flexibility index (Phi) is 6.42. The number of pyridine rings is 1. The highest BCUT2D eigenvalue weighted by Gasteiger charge is 2.37. The first-order chi connectivity index (χ1) is 18.8. The first-order valence-electron chi connectivity index (χ1n) is 12.3. The van der Waals surface area contributed by atoms with Gasteiger partial charge in [-0.2, -0.15) is 5.10 Å². The van der Waals surface area contributed by atoms with Gasteiger partial charge in [0.25, 0.3) is 0 Å². The number of hydrogen-bond donors (Lipinski definition) is 0. The molecule has 3 heterocycles. The molecule has 4 nitrogen and oxygen atoms in total. The minimum absolute atomic E-state index is 0.706. The predicted molar refractivity (Wildman–Crippen MR) is 154 cm³/mol. The number of nitrogens with zero attached hydrogens (tertiary/aromatic N) is 3. The van der Waals surface area contributed by atoms with Crippen molar-refractivity contribution in [1.82, 2.24) is 14.8 Å². The normalized spacial score (nSPS) is 12.5. The van der Waals surface area contributed by atoms with Gasteiger partial charge in [0.05, 0.1) is 16.8 Å². The van der Waals surface area contributed by atoms with Gasteiger partial charge in [0.1, 0.15) is 5.75 Å². The fourth-order valence-electron chi connectivity index (χ4n) is 4.89. The molecule has 0 saturated heterocycles. The number of allylic oxidation sites excluding steroid dienone is 1. The van der Waals surface area contributed by atoms with Crippen LogP contribution in [0.25, 0.3) is 16.8 Å². The highest BCUT2D eigenvalue weighted by Crippen LogP contribution is 2.45. The molecule has 0 aliphatic rings. The molecule has 6 aromatic rings. The van der Waals surface area contributed by atoms with E-state index in [0.717, 1.165) is 44.4 Å². The third kappa shape index (κ3) is 4.33. The van der Waals surface area contributed by atoms with E-state index >= 15 is 0 Å². The second kappa shape index (κ2) is 10.3. The van der Waals surface area contributed by atoms with Crippen LogP contribution in [0, 0.1) is 0 Å². The molecular weight excluding hydrogens is 486 g/mol. The van der Waals surface area contributed by atoms with Crippen LogP contribution in [0.3, 0.4) is 0 Å². The molecule has 0 aliphatic heterocycles. The number of benzene rings is 3. The molecule has 1 atom stereocenters. The topological polar surface area (TPSA) is 39.9 Å². The van der Waals surface area contributed by atoms with E-state index in [2.05, 4.69) is 78.4 Å². The minimum atomic E-state index is -0.706. The summed E-state index contributed by atoms with van der Waals surface area (Å²) in [6.45, 7) is 4.35. The van der Waals surface area contributed by atoms with E-state index in [-0.39, 0.29) is 0 Å². The zero-order valence-electron chi connectivity index (χ0n) is 20.6. The van der Waals surface area contributed by atoms with Crippen molar-refractivity contribution in [2.75, 3.05) is 0 Å². The Labute approximate surface area is 226 Å². The molecule has 0 amide bonds. The van der Waals surface area contributed by atoms with Crippen LogP contribution in [0.5, 0.6) is 10.8 Å². The molecule has 0 saturated carbocycles. The summed E-state index contributed by atoms with van der Waals surface area (Å²) in [5, 5.41) is 7.14. The van der Waals surface area contributed by atoms with E-state index in [0.29, 0.717) is 0 Å². The smallest absolute Gasteiger partial charge is 0.183 e. The second-order valence-electron chi connectivity index (χ2n) is 8.84. The maximum atomic E-state index is 6.35. The van der Waals surface area contributed by atoms with Gasteiger partial charge in [0, 0.05) is 30.0 Å². The third-order valence-electron chi connectivity index (χ3n) is 6.65. The molecule has 3 aromatic carbocycles. The van der Waals surface area contributed by atoms with Gasteiger partial charge in [-0.1, -0.05) is 78.9 Å². The van der Waals surface area contributed by atoms with Gasteiger partial charge in [0.15, 0.2) is 5.06 Å². The van der Waals surface area contributed by atoms with Crippen molar-refractivity contribution in [2.24, 2.45) is 0 Å². The van der Waals surface area contributed by atoms with Gasteiger partial charge in [-0.25, -0.2) is 4.68 Å². The van der Waals surface area contributed by atoms with E-state index in [4.69, 9.17) is 9.72 Å². The molecule has 5 heteroatoms. The van der Waals surface area contributed by atoms with E-state index in [1.165, 1.54) is 11.3 Å². The number of aromatic nitrogens is 3. The Morgan fingerprint density at radius 3 is 2.45 bits per heavy atom. The van der Waals surface area contributed by atoms with Crippen LogP contribution >= 0.6 is 11.3 Å². The molecule has 184 valence electrons. The Bertz CT molecular complexity index is 1660. The quantitative estimate of drug-likeness (QED) is 0.193. The fraction of sp³-hybridized carbons (Fsp3) is 0.0303. The molecule has 0 radical (unpaired) electrons. The van der Waals surface area contributed by atoms with Crippen molar-refractivity contribution < 1.29 is 4.74 Å². The third-order valence-corrected chi connectivity index (χ3v) is 7.44. The van der Waals surface area contributed by atoms with E-state index in [1.54, 1.807) is 6.20 Å². The molecule has 3 aromatic heterocycles. The average Bonchev–Trinajstić information content (AvgIpc) is 3.68. The summed E-state index contributed by atoms with van der Waals surface area (Å²) in [6, 6.07) is 37.1. The lowest BCUT2D eigenvalue weighted by atomic mass is 9.69. The van der Waals surface area contributed by atoms with Gasteiger partial charge in [-0.05, 0) is 52.6 Å². The van der Waals surface area contributed by atoms with Crippen molar-refractivity contribution in [2.45, 2.75) is 5.41 Å². The largest absolute Gasteiger partial charge is 0.447 e. The number of hydrogen-bond acceptors (Lipinski definition) is 4. The predicted octanol–water partition coefficient (Wildman–Crippen LogP) is 8.31. The van der Waals surface area contributed by atoms with Crippen molar-refractivity contribution in [3.63, 3.8) is 0 Å². The van der Waals surface area contributed by atoms with Crippen LogP contribution in [0.1, 0.15) is 16.8 Å². The monoisotopic (exact) mass is 511 g/mol. The summed E-state index contributed by atoms with van der Waals surface area (Å²) in [7, 11) is 0. The molecule has 0 aliphatic carbocycles. The maximum absolute atomic E-state index is 6.35. The van der Waals surface area contributed by atoms with Crippen LogP contribution in [-0.4, -0.2) is 14.8 Å². The number of ether oxygens (including phenoxy) is 1. The van der Waals surface area contributed by atoms with Gasteiger partial charge in [-0.15, -0.1) is 17.9 Å². The Morgan fingerprint density at radius 1 is 0.816 bits per heavy atom. The van der Waals surface area contributed by atoms with E-state index in [9.17, 15) is 0 Å². The van der Waals surface area contributed by atoms with Crippen LogP contribution < -0.4 is 4.74 Å². The Morgan fingerprint density at radius 2 is 1.66 bits per heavy atom. The molecule has 0 spiro atoms. The van der Waals surface area contributed by atoms with E-state index < -0.39 is 5.41 Å². The molecule has 0 N–H and O–H groups in total. The van der Waals surface area contributed by atoms with Gasteiger partial charge >= 0.3 is 0 Å². The summed E-state index contributed by atoms with van der Waals surface area (Å²) >= 11 is 1.54. The van der Waals surface area contributed by atoms with Crippen LogP contribution in [0.4, 0.5) is 0 Å². The summed E-state index contributed by atoms with van der Waals surface area (Å²) in [5.74, 6) is 0.746. The molecular formula is C33H25N3OS. The maximum Gasteiger partial charge on any atom is 0.183 e. The van der Waals surface area contributed by atoms with E-state index in [1.807, 2.05) is 71.0 Å². The van der Waals surface area contributed by atoms with Gasteiger partial charge < -0.3 is 4.74 Å². The van der Waals surface area contributed by atoms with Crippen LogP contribution in [-0.2, 0) is 5.41 Å². The standard InChI is InChI=1S/C33H25N3OS/c1-2-33(31-18-8-9-19-34-31,30-17-7-6-16-29(30)25-12-4-3-5-13-25)26-14-10-15-28(22-26)37-32-23-27(24-38-32)36-21-11-20-35-36/h2-24H,1H2. The molecule has 38 heavy (non-hydrogen) atoms. The lowest BCUT2D eigenvalue weighted by molar-refractivity contribution is 0.494. The summed E-state index contributed by atoms with van der Waals surface area (Å²) in [5.41, 5.74) is 5.56. The van der Waals surface area contributed by atoms with Gasteiger partial charge in [-0.3, -0.25) is 4.98 Å². The molecule has 0 bridgehead atoms. The fourth-order valence-corrected chi connectivity index (χ4v) is 5.64. The van der Waals surface area contributed by atoms with Crippen molar-refractivity contribution in [3.8, 4) is 27.6 Å². The van der Waals surface area contributed by atoms with Crippen LogP contribution in [0.15, 0.2) is 146 Å². The van der Waals surface area contributed by atoms with Gasteiger partial charge in [0.2, 0.25) is 0 Å². The number of thiophene rings is 1. The lowest BCUT2D eigenvalue weighted by Crippen LogP contribution is -2.28. The first kappa shape index (κ1) is 23.6. The summed E-state index contributed by atoms with van der Waals surface area (Å²) < 4.78 is 8.17.